The van der Waals surface area contributed by atoms with E-state index in [1.807, 2.05) is 17.5 Å². The Labute approximate surface area is 258 Å². The number of unbranched alkanes of at least 4 members (excludes halogenated alkanes) is 1. The van der Waals surface area contributed by atoms with Crippen LogP contribution in [0.3, 0.4) is 0 Å². The lowest BCUT2D eigenvalue weighted by Crippen LogP contribution is -2.37. The number of rotatable bonds is 13. The van der Waals surface area contributed by atoms with Crippen LogP contribution in [0.15, 0.2) is 71.8 Å². The van der Waals surface area contributed by atoms with E-state index in [9.17, 15) is 9.59 Å². The van der Waals surface area contributed by atoms with Gasteiger partial charge >= 0.3 is 6.09 Å². The topological polar surface area (TPSA) is 108 Å². The minimum absolute atomic E-state index is 0.267. The van der Waals surface area contributed by atoms with Gasteiger partial charge in [-0.25, -0.2) is 4.79 Å². The normalized spacial score (nSPS) is 13.7. The van der Waals surface area contributed by atoms with Gasteiger partial charge in [-0.3, -0.25) is 20.0 Å². The molecule has 0 saturated carbocycles. The number of para-hydroxylation sites is 2. The van der Waals surface area contributed by atoms with Gasteiger partial charge in [0.1, 0.15) is 11.3 Å². The maximum Gasteiger partial charge on any atom is 0.412 e. The number of amides is 2. The highest BCUT2D eigenvalue weighted by molar-refractivity contribution is 7.08. The minimum atomic E-state index is -0.640. The molecule has 10 nitrogen and oxygen atoms in total. The van der Waals surface area contributed by atoms with E-state index in [0.717, 1.165) is 69.3 Å². The van der Waals surface area contributed by atoms with Crippen LogP contribution in [0.5, 0.6) is 0 Å². The van der Waals surface area contributed by atoms with Crippen LogP contribution >= 0.6 is 11.3 Å². The summed E-state index contributed by atoms with van der Waals surface area (Å²) in [7, 11) is 0. The van der Waals surface area contributed by atoms with Crippen molar-refractivity contribution in [1.82, 2.24) is 14.8 Å². The first kappa shape index (κ1) is 32.0. The molecule has 4 rings (SSSR count). The lowest BCUT2D eigenvalue weighted by Gasteiger charge is -2.29. The summed E-state index contributed by atoms with van der Waals surface area (Å²) in [5.41, 5.74) is 2.48. The smallest absolute Gasteiger partial charge is 0.412 e. The summed E-state index contributed by atoms with van der Waals surface area (Å²) >= 11 is 1.63. The van der Waals surface area contributed by atoms with E-state index < -0.39 is 11.7 Å². The zero-order valence-corrected chi connectivity index (χ0v) is 26.0. The van der Waals surface area contributed by atoms with Crippen LogP contribution < -0.4 is 16.0 Å². The van der Waals surface area contributed by atoms with Crippen LogP contribution in [-0.2, 0) is 16.0 Å². The third-order valence-corrected chi connectivity index (χ3v) is 7.37. The first-order valence-corrected chi connectivity index (χ1v) is 15.5. The van der Waals surface area contributed by atoms with E-state index >= 15 is 0 Å². The predicted octanol–water partition coefficient (Wildman–Crippen LogP) is 6.24. The van der Waals surface area contributed by atoms with E-state index in [2.05, 4.69) is 42.7 Å². The maximum absolute atomic E-state index is 13.0. The van der Waals surface area contributed by atoms with Crippen molar-refractivity contribution in [3.8, 4) is 0 Å². The lowest BCUT2D eigenvalue weighted by atomic mass is 10.2. The highest BCUT2D eigenvalue weighted by atomic mass is 32.1. The molecule has 1 saturated heterocycles. The Kier molecular flexibility index (Phi) is 11.5. The molecule has 0 aliphatic carbocycles. The molecule has 3 heterocycles. The standard InChI is InChI=1S/C32H42N6O4S/c1-24(34-26-13-20-43-23-26)38(15-8-7-14-37-16-18-41-19-17-37)22-25-11-12-29(33-21-25)30(39)35-27-9-5-6-10-28(27)36-31(40)42-32(2,3)4/h5-6,9-13,20-21,23,34H,1,7-8,14-19,22H2,2-4H3,(H,35,39)(H,36,40). The van der Waals surface area contributed by atoms with Crippen molar-refractivity contribution < 1.29 is 19.1 Å². The van der Waals surface area contributed by atoms with E-state index in [0.29, 0.717) is 17.9 Å². The molecule has 2 amide bonds. The average molecular weight is 607 g/mol. The Morgan fingerprint density at radius 1 is 1.05 bits per heavy atom. The van der Waals surface area contributed by atoms with Crippen molar-refractivity contribution in [2.45, 2.75) is 45.8 Å². The maximum atomic E-state index is 13.0. The Hall–Kier alpha value is -3.93. The molecule has 1 aliphatic rings. The number of benzene rings is 1. The molecule has 1 fully saturated rings. The van der Waals surface area contributed by atoms with Crippen molar-refractivity contribution in [3.05, 3.63) is 83.1 Å². The summed E-state index contributed by atoms with van der Waals surface area (Å²) in [4.78, 5) is 34.4. The molecule has 11 heteroatoms. The zero-order chi connectivity index (χ0) is 30.7. The summed E-state index contributed by atoms with van der Waals surface area (Å²) in [6.07, 6.45) is 3.23. The number of ether oxygens (including phenoxy) is 2. The fraction of sp³-hybridized carbons (Fsp3) is 0.406. The van der Waals surface area contributed by atoms with Gasteiger partial charge in [0.05, 0.1) is 36.1 Å². The number of aromatic nitrogens is 1. The number of nitrogens with one attached hydrogen (secondary N) is 3. The van der Waals surface area contributed by atoms with E-state index in [4.69, 9.17) is 9.47 Å². The Balaban J connectivity index is 1.35. The van der Waals surface area contributed by atoms with Crippen LogP contribution in [0.25, 0.3) is 0 Å². The predicted molar refractivity (Wildman–Crippen MR) is 172 cm³/mol. The van der Waals surface area contributed by atoms with E-state index in [-0.39, 0.29) is 11.6 Å². The Morgan fingerprint density at radius 3 is 2.44 bits per heavy atom. The number of hydrogen-bond acceptors (Lipinski definition) is 9. The molecular weight excluding hydrogens is 564 g/mol. The second-order valence-corrected chi connectivity index (χ2v) is 12.1. The highest BCUT2D eigenvalue weighted by Crippen LogP contribution is 2.23. The van der Waals surface area contributed by atoms with Crippen LogP contribution in [0.1, 0.15) is 49.7 Å². The number of carbonyl (C=O) groups excluding carboxylic acids is 2. The van der Waals surface area contributed by atoms with Gasteiger partial charge in [0.15, 0.2) is 0 Å². The largest absolute Gasteiger partial charge is 0.444 e. The van der Waals surface area contributed by atoms with Crippen LogP contribution in [0.2, 0.25) is 0 Å². The quantitative estimate of drug-likeness (QED) is 0.196. The highest BCUT2D eigenvalue weighted by Gasteiger charge is 2.18. The van der Waals surface area contributed by atoms with Crippen molar-refractivity contribution >= 4 is 40.4 Å². The van der Waals surface area contributed by atoms with Gasteiger partial charge in [0, 0.05) is 37.8 Å². The van der Waals surface area contributed by atoms with Crippen molar-refractivity contribution in [2.75, 3.05) is 55.3 Å². The summed E-state index contributed by atoms with van der Waals surface area (Å²) in [5, 5.41) is 13.0. The van der Waals surface area contributed by atoms with Gasteiger partial charge in [-0.05, 0) is 75.4 Å². The molecule has 43 heavy (non-hydrogen) atoms. The van der Waals surface area contributed by atoms with Gasteiger partial charge < -0.3 is 25.0 Å². The molecule has 0 spiro atoms. The SMILES string of the molecule is C=C(Nc1ccsc1)N(CCCCN1CCOCC1)Cc1ccc(C(=O)Nc2ccccc2NC(=O)OC(C)(C)C)nc1. The molecule has 3 N–H and O–H groups in total. The number of thiophene rings is 1. The van der Waals surface area contributed by atoms with Crippen LogP contribution in [0.4, 0.5) is 21.9 Å². The molecule has 3 aromatic rings. The molecule has 0 bridgehead atoms. The molecule has 0 atom stereocenters. The number of anilines is 3. The molecular formula is C32H42N6O4S. The van der Waals surface area contributed by atoms with Gasteiger partial charge in [-0.15, -0.1) is 0 Å². The molecule has 1 aromatic carbocycles. The fourth-order valence-corrected chi connectivity index (χ4v) is 5.12. The number of hydrogen-bond donors (Lipinski definition) is 3. The van der Waals surface area contributed by atoms with Crippen molar-refractivity contribution in [1.29, 1.82) is 0 Å². The van der Waals surface area contributed by atoms with Gasteiger partial charge in [0.25, 0.3) is 5.91 Å². The number of carbonyl (C=O) groups is 2. The van der Waals surface area contributed by atoms with Crippen LogP contribution in [0, 0.1) is 0 Å². The van der Waals surface area contributed by atoms with Crippen LogP contribution in [-0.4, -0.2) is 71.8 Å². The van der Waals surface area contributed by atoms with Crippen molar-refractivity contribution in [3.63, 3.8) is 0 Å². The second kappa shape index (κ2) is 15.5. The van der Waals surface area contributed by atoms with Gasteiger partial charge in [0.2, 0.25) is 0 Å². The van der Waals surface area contributed by atoms with E-state index in [1.54, 1.807) is 68.6 Å². The van der Waals surface area contributed by atoms with Crippen molar-refractivity contribution in [2.24, 2.45) is 0 Å². The molecule has 0 radical (unpaired) electrons. The minimum Gasteiger partial charge on any atom is -0.444 e. The lowest BCUT2D eigenvalue weighted by molar-refractivity contribution is 0.0369. The summed E-state index contributed by atoms with van der Waals surface area (Å²) in [5.74, 6) is 0.439. The summed E-state index contributed by atoms with van der Waals surface area (Å²) < 4.78 is 10.8. The monoisotopic (exact) mass is 606 g/mol. The van der Waals surface area contributed by atoms with Gasteiger partial charge in [-0.1, -0.05) is 24.8 Å². The molecule has 2 aromatic heterocycles. The second-order valence-electron chi connectivity index (χ2n) is 11.3. The first-order valence-electron chi connectivity index (χ1n) is 14.5. The average Bonchev–Trinajstić information content (AvgIpc) is 3.48. The van der Waals surface area contributed by atoms with Gasteiger partial charge in [-0.2, -0.15) is 11.3 Å². The van der Waals surface area contributed by atoms with E-state index in [1.165, 1.54) is 0 Å². The number of pyridine rings is 1. The summed E-state index contributed by atoms with van der Waals surface area (Å²) in [6.45, 7) is 15.8. The molecule has 230 valence electrons. The summed E-state index contributed by atoms with van der Waals surface area (Å²) in [6, 6.07) is 12.6. The zero-order valence-electron chi connectivity index (χ0n) is 25.2. The number of nitrogens with zero attached hydrogens (tertiary/aromatic N) is 3. The first-order chi connectivity index (χ1) is 20.7. The molecule has 0 unspecified atom stereocenters. The third kappa shape index (κ3) is 10.7. The molecule has 1 aliphatic heterocycles. The number of morpholine rings is 1. The Morgan fingerprint density at radius 2 is 1.79 bits per heavy atom. The third-order valence-electron chi connectivity index (χ3n) is 6.69. The Bertz CT molecular complexity index is 1330. The fourth-order valence-electron chi connectivity index (χ4n) is 4.53.